The minimum atomic E-state index is -5.46. The second kappa shape index (κ2) is 5.52. The van der Waals surface area contributed by atoms with Crippen LogP contribution in [0.4, 0.5) is 13.2 Å². The Morgan fingerprint density at radius 2 is 2.13 bits per heavy atom. The van der Waals surface area contributed by atoms with Gasteiger partial charge in [-0.15, -0.1) is 11.8 Å². The Labute approximate surface area is 133 Å². The predicted molar refractivity (Wildman–Crippen MR) is 70.6 cm³/mol. The van der Waals surface area contributed by atoms with E-state index in [0.29, 0.717) is 6.42 Å². The zero-order valence-corrected chi connectivity index (χ0v) is 13.0. The number of fused-ring (bicyclic) bond motifs is 1. The maximum atomic E-state index is 12.1. The lowest BCUT2D eigenvalue weighted by Gasteiger charge is -2.21. The lowest BCUT2D eigenvalue weighted by Crippen LogP contribution is -2.40. The average Bonchev–Trinajstić information content (AvgIpc) is 3.03. The number of carbonyl (C=O) groups excluding carboxylic acids is 2. The van der Waals surface area contributed by atoms with E-state index in [4.69, 9.17) is 9.47 Å². The van der Waals surface area contributed by atoms with Gasteiger partial charge in [0.2, 0.25) is 0 Å². The van der Waals surface area contributed by atoms with Gasteiger partial charge in [-0.1, -0.05) is 0 Å². The molecule has 5 unspecified atom stereocenters. The average molecular weight is 375 g/mol. The van der Waals surface area contributed by atoms with Crippen LogP contribution in [0, 0.1) is 11.8 Å². The van der Waals surface area contributed by atoms with E-state index in [2.05, 4.69) is 0 Å². The number of ether oxygens (including phenoxy) is 2. The number of carbonyl (C=O) groups is 2. The molecule has 3 heterocycles. The standard InChI is InChI=1S/C11H12F3NO6S2/c12-11(13,14)23(18,19)15-1-2-20-9(16)6-5-3-4-8(22-5)7(6)10(17)21-4/h4-8,15H,1-3H2. The van der Waals surface area contributed by atoms with Crippen LogP contribution in [-0.2, 0) is 29.1 Å². The Balaban J connectivity index is 1.51. The van der Waals surface area contributed by atoms with Crippen LogP contribution in [0.1, 0.15) is 6.42 Å². The highest BCUT2D eigenvalue weighted by Crippen LogP contribution is 2.58. The summed E-state index contributed by atoms with van der Waals surface area (Å²) in [6.45, 7) is -1.24. The molecule has 3 saturated heterocycles. The van der Waals surface area contributed by atoms with Crippen molar-refractivity contribution in [1.82, 2.24) is 4.72 Å². The largest absolute Gasteiger partial charge is 0.511 e. The van der Waals surface area contributed by atoms with E-state index in [0.717, 1.165) is 0 Å². The van der Waals surface area contributed by atoms with Gasteiger partial charge in [0.05, 0.1) is 17.1 Å². The Morgan fingerprint density at radius 1 is 1.43 bits per heavy atom. The molecular weight excluding hydrogens is 363 g/mol. The SMILES string of the molecule is O=C(OCCNS(=O)(=O)C(F)(F)F)C1C2CC3OC(=O)C1C3S2. The fraction of sp³-hybridized carbons (Fsp3) is 0.818. The van der Waals surface area contributed by atoms with Crippen molar-refractivity contribution in [1.29, 1.82) is 0 Å². The smallest absolute Gasteiger partial charge is 0.464 e. The van der Waals surface area contributed by atoms with Gasteiger partial charge in [-0.05, 0) is 6.42 Å². The number of thioether (sulfide) groups is 1. The fourth-order valence-corrected chi connectivity index (χ4v) is 5.58. The van der Waals surface area contributed by atoms with Gasteiger partial charge in [0.15, 0.2) is 0 Å². The third-order valence-electron chi connectivity index (χ3n) is 4.06. The van der Waals surface area contributed by atoms with Crippen molar-refractivity contribution in [2.75, 3.05) is 13.2 Å². The maximum absolute atomic E-state index is 12.1. The van der Waals surface area contributed by atoms with E-state index in [1.165, 1.54) is 16.5 Å². The Hall–Kier alpha value is -1.01. The minimum absolute atomic E-state index is 0.0752. The maximum Gasteiger partial charge on any atom is 0.511 e. The van der Waals surface area contributed by atoms with Crippen molar-refractivity contribution in [2.24, 2.45) is 11.8 Å². The number of sulfonamides is 1. The molecule has 3 fully saturated rings. The zero-order chi connectivity index (χ0) is 17.0. The van der Waals surface area contributed by atoms with Gasteiger partial charge in [0.1, 0.15) is 12.7 Å². The van der Waals surface area contributed by atoms with Crippen molar-refractivity contribution in [3.8, 4) is 0 Å². The zero-order valence-electron chi connectivity index (χ0n) is 11.4. The monoisotopic (exact) mass is 375 g/mol. The van der Waals surface area contributed by atoms with Gasteiger partial charge in [0.25, 0.3) is 0 Å². The molecule has 3 rings (SSSR count). The first-order valence-electron chi connectivity index (χ1n) is 6.70. The summed E-state index contributed by atoms with van der Waals surface area (Å²) in [4.78, 5) is 23.8. The van der Waals surface area contributed by atoms with Gasteiger partial charge in [0, 0.05) is 11.8 Å². The van der Waals surface area contributed by atoms with Crippen LogP contribution >= 0.6 is 11.8 Å². The summed E-state index contributed by atoms with van der Waals surface area (Å²) in [5, 5.41) is -0.186. The van der Waals surface area contributed by atoms with E-state index in [1.54, 1.807) is 0 Å². The van der Waals surface area contributed by atoms with Crippen LogP contribution in [-0.4, -0.2) is 55.6 Å². The molecule has 5 atom stereocenters. The Morgan fingerprint density at radius 3 is 2.78 bits per heavy atom. The van der Waals surface area contributed by atoms with Crippen molar-refractivity contribution in [3.63, 3.8) is 0 Å². The van der Waals surface area contributed by atoms with Crippen LogP contribution in [0.25, 0.3) is 0 Å². The summed E-state index contributed by atoms with van der Waals surface area (Å²) in [6.07, 6.45) is 0.378. The molecule has 3 aliphatic heterocycles. The van der Waals surface area contributed by atoms with Crippen LogP contribution in [0.5, 0.6) is 0 Å². The molecule has 23 heavy (non-hydrogen) atoms. The van der Waals surface area contributed by atoms with Gasteiger partial charge < -0.3 is 9.47 Å². The summed E-state index contributed by atoms with van der Waals surface area (Å²) in [7, 11) is -5.46. The van der Waals surface area contributed by atoms with E-state index < -0.39 is 52.5 Å². The number of halogens is 3. The molecule has 130 valence electrons. The fourth-order valence-electron chi connectivity index (χ4n) is 3.12. The van der Waals surface area contributed by atoms with Crippen LogP contribution in [0.3, 0.4) is 0 Å². The predicted octanol–water partition coefficient (Wildman–Crippen LogP) is 0.0143. The summed E-state index contributed by atoms with van der Waals surface area (Å²) in [5.41, 5.74) is -5.42. The van der Waals surface area contributed by atoms with Crippen molar-refractivity contribution < 1.29 is 40.7 Å². The van der Waals surface area contributed by atoms with Crippen molar-refractivity contribution >= 4 is 33.7 Å². The molecule has 7 nitrogen and oxygen atoms in total. The van der Waals surface area contributed by atoms with Gasteiger partial charge >= 0.3 is 27.5 Å². The molecule has 0 aromatic carbocycles. The third-order valence-corrected chi connectivity index (χ3v) is 7.00. The van der Waals surface area contributed by atoms with Gasteiger partial charge in [-0.2, -0.15) is 13.2 Å². The number of alkyl halides is 3. The molecule has 0 spiro atoms. The highest BCUT2D eigenvalue weighted by molar-refractivity contribution is 8.01. The summed E-state index contributed by atoms with van der Waals surface area (Å²) in [6, 6.07) is 0. The Bertz CT molecular complexity index is 634. The molecule has 2 bridgehead atoms. The molecule has 1 N–H and O–H groups in total. The van der Waals surface area contributed by atoms with Gasteiger partial charge in [-0.3, -0.25) is 9.59 Å². The van der Waals surface area contributed by atoms with E-state index in [-0.39, 0.29) is 16.6 Å². The molecule has 0 aromatic rings. The molecule has 0 saturated carbocycles. The Kier molecular flexibility index (Phi) is 4.04. The minimum Gasteiger partial charge on any atom is -0.464 e. The first kappa shape index (κ1) is 16.8. The highest BCUT2D eigenvalue weighted by atomic mass is 32.2. The molecule has 0 aliphatic carbocycles. The second-order valence-electron chi connectivity index (χ2n) is 5.41. The van der Waals surface area contributed by atoms with Crippen molar-refractivity contribution in [3.05, 3.63) is 0 Å². The topological polar surface area (TPSA) is 98.8 Å². The molecule has 12 heteroatoms. The number of hydrogen-bond acceptors (Lipinski definition) is 7. The van der Waals surface area contributed by atoms with E-state index in [1.807, 2.05) is 0 Å². The van der Waals surface area contributed by atoms with Crippen LogP contribution in [0.15, 0.2) is 0 Å². The number of esters is 2. The lowest BCUT2D eigenvalue weighted by molar-refractivity contribution is -0.154. The first-order valence-corrected chi connectivity index (χ1v) is 9.13. The summed E-state index contributed by atoms with van der Waals surface area (Å²) in [5.74, 6) is -2.43. The quantitative estimate of drug-likeness (QED) is 0.534. The first-order chi connectivity index (χ1) is 10.6. The molecule has 0 radical (unpaired) electrons. The van der Waals surface area contributed by atoms with E-state index >= 15 is 0 Å². The number of hydrogen-bond donors (Lipinski definition) is 1. The molecular formula is C11H12F3NO6S2. The molecule has 3 aliphatic rings. The van der Waals surface area contributed by atoms with E-state index in [9.17, 15) is 31.2 Å². The number of nitrogens with one attached hydrogen (secondary N) is 1. The summed E-state index contributed by atoms with van der Waals surface area (Å²) >= 11 is 1.49. The summed E-state index contributed by atoms with van der Waals surface area (Å²) < 4.78 is 69.1. The van der Waals surface area contributed by atoms with Crippen LogP contribution < -0.4 is 4.72 Å². The number of rotatable bonds is 5. The normalized spacial score (nSPS) is 35.4. The third kappa shape index (κ3) is 2.80. The molecule has 0 aromatic heterocycles. The second-order valence-corrected chi connectivity index (χ2v) is 8.59. The lowest BCUT2D eigenvalue weighted by atomic mass is 9.80. The van der Waals surface area contributed by atoms with Crippen molar-refractivity contribution in [2.45, 2.75) is 28.5 Å². The molecule has 0 amide bonds. The highest BCUT2D eigenvalue weighted by Gasteiger charge is 2.65. The van der Waals surface area contributed by atoms with Crippen LogP contribution in [0.2, 0.25) is 0 Å². The van der Waals surface area contributed by atoms with Gasteiger partial charge in [-0.25, -0.2) is 13.1 Å².